The second-order valence-corrected chi connectivity index (χ2v) is 9.66. The first-order valence-corrected chi connectivity index (χ1v) is 10.1. The number of fused-ring (bicyclic) bond motifs is 1. The monoisotopic (exact) mass is 503 g/mol. The predicted molar refractivity (Wildman–Crippen MR) is 114 cm³/mol. The van der Waals surface area contributed by atoms with E-state index >= 15 is 0 Å². The van der Waals surface area contributed by atoms with Gasteiger partial charge in [-0.05, 0) is 41.2 Å². The molecule has 153 valence electrons. The van der Waals surface area contributed by atoms with Crippen molar-refractivity contribution < 1.29 is 51.0 Å². The van der Waals surface area contributed by atoms with E-state index in [4.69, 9.17) is 0 Å². The van der Waals surface area contributed by atoms with Crippen molar-refractivity contribution in [2.24, 2.45) is 5.41 Å². The SMILES string of the molecule is CC1(Cc2cc3c(-c4ccccc4C(C)(C)C)cccc3[cH-]2)CCCC1.[Cl-].[Cl-].[Zr+3]. The van der Waals surface area contributed by atoms with Crippen LogP contribution in [-0.4, -0.2) is 0 Å². The predicted octanol–water partition coefficient (Wildman–Crippen LogP) is 1.65. The molecule has 1 fully saturated rings. The third-order valence-corrected chi connectivity index (χ3v) is 6.28. The molecule has 0 atom stereocenters. The van der Waals surface area contributed by atoms with Crippen LogP contribution in [0.15, 0.2) is 54.6 Å². The molecular weight excluding hydrogens is 474 g/mol. The number of hydrogen-bond donors (Lipinski definition) is 0. The molecule has 3 heteroatoms. The van der Waals surface area contributed by atoms with Crippen molar-refractivity contribution in [3.8, 4) is 11.1 Å². The standard InChI is InChI=1S/C26H31.2ClH.Zr/c1-25(2,3)24-13-6-5-11-22(24)21-12-9-10-20-16-19(17-23(20)21)18-26(4)14-7-8-15-26;;;/h5-6,9-13,16-17H,7-8,14-15,18H2,1-4H3;2*1H;/q-1;;;+3/p-2. The molecule has 0 nitrogen and oxygen atoms in total. The first kappa shape index (κ1) is 26.5. The minimum Gasteiger partial charge on any atom is -1.00 e. The summed E-state index contributed by atoms with van der Waals surface area (Å²) in [5.74, 6) is 0. The van der Waals surface area contributed by atoms with E-state index in [0.717, 1.165) is 0 Å². The zero-order valence-electron chi connectivity index (χ0n) is 18.0. The van der Waals surface area contributed by atoms with Gasteiger partial charge in [0, 0.05) is 0 Å². The first-order chi connectivity index (χ1) is 12.4. The first-order valence-electron chi connectivity index (χ1n) is 10.1. The number of benzene rings is 2. The molecule has 0 N–H and O–H groups in total. The number of rotatable bonds is 3. The van der Waals surface area contributed by atoms with Crippen molar-refractivity contribution in [1.82, 2.24) is 0 Å². The average molecular weight is 506 g/mol. The Bertz CT molecular complexity index is 927. The van der Waals surface area contributed by atoms with Gasteiger partial charge in [-0.1, -0.05) is 76.4 Å². The molecule has 3 aromatic carbocycles. The van der Waals surface area contributed by atoms with Crippen LogP contribution in [0.5, 0.6) is 0 Å². The molecule has 1 saturated carbocycles. The molecule has 1 radical (unpaired) electrons. The Morgan fingerprint density at radius 2 is 1.52 bits per heavy atom. The van der Waals surface area contributed by atoms with E-state index in [1.807, 2.05) is 0 Å². The molecule has 1 aliphatic rings. The van der Waals surface area contributed by atoms with Gasteiger partial charge in [-0.3, -0.25) is 0 Å². The third-order valence-electron chi connectivity index (χ3n) is 6.28. The molecule has 0 saturated heterocycles. The summed E-state index contributed by atoms with van der Waals surface area (Å²) in [5, 5.41) is 2.81. The summed E-state index contributed by atoms with van der Waals surface area (Å²) in [6.07, 6.45) is 6.80. The molecule has 0 heterocycles. The van der Waals surface area contributed by atoms with Crippen LogP contribution in [0.4, 0.5) is 0 Å². The zero-order valence-corrected chi connectivity index (χ0v) is 22.0. The van der Waals surface area contributed by atoms with Gasteiger partial charge in [0.1, 0.15) is 0 Å². The van der Waals surface area contributed by atoms with Crippen LogP contribution >= 0.6 is 0 Å². The normalized spacial score (nSPS) is 15.3. The summed E-state index contributed by atoms with van der Waals surface area (Å²) in [5.41, 5.74) is 6.37. The minimum atomic E-state index is 0. The van der Waals surface area contributed by atoms with Gasteiger partial charge in [-0.25, -0.2) is 0 Å². The van der Waals surface area contributed by atoms with Gasteiger partial charge in [0.2, 0.25) is 0 Å². The number of halogens is 2. The molecule has 0 unspecified atom stereocenters. The van der Waals surface area contributed by atoms with E-state index in [9.17, 15) is 0 Å². The molecular formula is C26H31Cl2Zr. The van der Waals surface area contributed by atoms with Crippen LogP contribution in [0.2, 0.25) is 0 Å². The summed E-state index contributed by atoms with van der Waals surface area (Å²) < 4.78 is 0. The molecule has 4 rings (SSSR count). The van der Waals surface area contributed by atoms with Gasteiger partial charge in [0.05, 0.1) is 0 Å². The summed E-state index contributed by atoms with van der Waals surface area (Å²) in [7, 11) is 0. The summed E-state index contributed by atoms with van der Waals surface area (Å²) in [4.78, 5) is 0. The molecule has 3 aromatic rings. The Kier molecular flexibility index (Phi) is 9.35. The van der Waals surface area contributed by atoms with Crippen LogP contribution in [0.25, 0.3) is 21.9 Å². The fraction of sp³-hybridized carbons (Fsp3) is 0.423. The van der Waals surface area contributed by atoms with E-state index in [1.54, 1.807) is 0 Å². The van der Waals surface area contributed by atoms with Gasteiger partial charge < -0.3 is 24.8 Å². The second-order valence-electron chi connectivity index (χ2n) is 9.66. The van der Waals surface area contributed by atoms with E-state index in [0.29, 0.717) is 5.41 Å². The quantitative estimate of drug-likeness (QED) is 0.475. The van der Waals surface area contributed by atoms with E-state index < -0.39 is 0 Å². The maximum atomic E-state index is 2.48. The van der Waals surface area contributed by atoms with Gasteiger partial charge >= 0.3 is 26.2 Å². The van der Waals surface area contributed by atoms with Gasteiger partial charge in [0.15, 0.2) is 0 Å². The molecule has 0 amide bonds. The van der Waals surface area contributed by atoms with Gasteiger partial charge in [-0.15, -0.1) is 34.5 Å². The van der Waals surface area contributed by atoms with Crippen molar-refractivity contribution in [3.05, 3.63) is 65.7 Å². The van der Waals surface area contributed by atoms with Crippen LogP contribution < -0.4 is 24.8 Å². The van der Waals surface area contributed by atoms with Crippen molar-refractivity contribution in [3.63, 3.8) is 0 Å². The Balaban J connectivity index is 0.00000140. The Morgan fingerprint density at radius 1 is 0.897 bits per heavy atom. The van der Waals surface area contributed by atoms with Crippen LogP contribution in [0.1, 0.15) is 64.5 Å². The molecule has 0 spiro atoms. The van der Waals surface area contributed by atoms with Crippen molar-refractivity contribution >= 4 is 10.8 Å². The van der Waals surface area contributed by atoms with Crippen molar-refractivity contribution in [2.75, 3.05) is 0 Å². The Labute approximate surface area is 208 Å². The zero-order chi connectivity index (χ0) is 18.4. The van der Waals surface area contributed by atoms with Crippen molar-refractivity contribution in [1.29, 1.82) is 0 Å². The van der Waals surface area contributed by atoms with Crippen LogP contribution in [0.3, 0.4) is 0 Å². The largest absolute Gasteiger partial charge is 3.00 e. The molecule has 0 aromatic heterocycles. The molecule has 0 bridgehead atoms. The summed E-state index contributed by atoms with van der Waals surface area (Å²) in [6, 6.07) is 20.6. The van der Waals surface area contributed by atoms with Gasteiger partial charge in [-0.2, -0.15) is 6.07 Å². The minimum absolute atomic E-state index is 0. The number of hydrogen-bond acceptors (Lipinski definition) is 0. The fourth-order valence-corrected chi connectivity index (χ4v) is 4.90. The maximum Gasteiger partial charge on any atom is 3.00 e. The summed E-state index contributed by atoms with van der Waals surface area (Å²) in [6.45, 7) is 9.41. The third kappa shape index (κ3) is 5.61. The fourth-order valence-electron chi connectivity index (χ4n) is 4.90. The smallest absolute Gasteiger partial charge is 1.00 e. The Hall–Kier alpha value is -0.487. The van der Waals surface area contributed by atoms with Crippen LogP contribution in [-0.2, 0) is 38.0 Å². The van der Waals surface area contributed by atoms with Crippen LogP contribution in [0, 0.1) is 5.41 Å². The van der Waals surface area contributed by atoms with Crippen molar-refractivity contribution in [2.45, 2.75) is 65.2 Å². The molecule has 0 aliphatic heterocycles. The van der Waals surface area contributed by atoms with E-state index in [2.05, 4.69) is 82.3 Å². The van der Waals surface area contributed by atoms with Gasteiger partial charge in [0.25, 0.3) is 0 Å². The van der Waals surface area contributed by atoms with E-state index in [1.165, 1.54) is 65.1 Å². The molecule has 29 heavy (non-hydrogen) atoms. The topological polar surface area (TPSA) is 0 Å². The Morgan fingerprint density at radius 3 is 2.17 bits per heavy atom. The second kappa shape index (κ2) is 10.2. The summed E-state index contributed by atoms with van der Waals surface area (Å²) >= 11 is 0. The van der Waals surface area contributed by atoms with E-state index in [-0.39, 0.29) is 56.4 Å². The average Bonchev–Trinajstić information content (AvgIpc) is 3.19. The maximum absolute atomic E-state index is 2.48. The molecule has 1 aliphatic carbocycles.